The van der Waals surface area contributed by atoms with Crippen molar-refractivity contribution in [1.82, 2.24) is 0 Å². The average Bonchev–Trinajstić information content (AvgIpc) is 3.01. The van der Waals surface area contributed by atoms with E-state index in [0.717, 1.165) is 18.4 Å². The van der Waals surface area contributed by atoms with Crippen molar-refractivity contribution in [1.29, 1.82) is 0 Å². The molecule has 1 fully saturated rings. The zero-order chi connectivity index (χ0) is 10.7. The van der Waals surface area contributed by atoms with E-state index in [1.807, 2.05) is 30.3 Å². The van der Waals surface area contributed by atoms with E-state index in [1.165, 1.54) is 0 Å². The molecule has 1 saturated carbocycles. The number of carbonyl (C=O) groups is 1. The van der Waals surface area contributed by atoms with Crippen molar-refractivity contribution in [2.24, 2.45) is 11.7 Å². The van der Waals surface area contributed by atoms with Gasteiger partial charge >= 0.3 is 5.97 Å². The Morgan fingerprint density at radius 2 is 2.07 bits per heavy atom. The Morgan fingerprint density at radius 1 is 1.40 bits per heavy atom. The Kier molecular flexibility index (Phi) is 3.02. The van der Waals surface area contributed by atoms with Crippen LogP contribution in [0, 0.1) is 5.92 Å². The quantitative estimate of drug-likeness (QED) is 0.598. The standard InChI is InChI=1S/C12H15NO2/c13-11(15-12(14)10-6-7-10)8-9-4-2-1-3-5-9/h1-5,10-11H,6-8,13H2. The summed E-state index contributed by atoms with van der Waals surface area (Å²) in [5.41, 5.74) is 6.82. The predicted molar refractivity (Wildman–Crippen MR) is 56.9 cm³/mol. The Bertz CT molecular complexity index is 333. The van der Waals surface area contributed by atoms with Gasteiger partial charge in [0.25, 0.3) is 0 Å². The summed E-state index contributed by atoms with van der Waals surface area (Å²) in [6.07, 6.45) is 1.98. The zero-order valence-electron chi connectivity index (χ0n) is 8.56. The molecule has 3 nitrogen and oxygen atoms in total. The van der Waals surface area contributed by atoms with Gasteiger partial charge in [-0.05, 0) is 18.4 Å². The van der Waals surface area contributed by atoms with Crippen LogP contribution in [0.15, 0.2) is 30.3 Å². The first-order valence-electron chi connectivity index (χ1n) is 5.25. The normalized spacial score (nSPS) is 17.1. The molecule has 0 bridgehead atoms. The minimum Gasteiger partial charge on any atom is -0.446 e. The van der Waals surface area contributed by atoms with E-state index in [9.17, 15) is 4.79 Å². The van der Waals surface area contributed by atoms with Crippen LogP contribution >= 0.6 is 0 Å². The molecule has 1 aliphatic carbocycles. The molecule has 3 heteroatoms. The zero-order valence-corrected chi connectivity index (χ0v) is 8.56. The number of nitrogens with two attached hydrogens (primary N) is 1. The second-order valence-corrected chi connectivity index (χ2v) is 3.94. The molecule has 1 aromatic rings. The second-order valence-electron chi connectivity index (χ2n) is 3.94. The number of benzene rings is 1. The minimum absolute atomic E-state index is 0.117. The van der Waals surface area contributed by atoms with Gasteiger partial charge in [0.2, 0.25) is 0 Å². The average molecular weight is 205 g/mol. The molecule has 1 aromatic carbocycles. The van der Waals surface area contributed by atoms with Crippen LogP contribution in [-0.4, -0.2) is 12.2 Å². The van der Waals surface area contributed by atoms with Gasteiger partial charge in [0.05, 0.1) is 5.92 Å². The molecular formula is C12H15NO2. The predicted octanol–water partition coefficient (Wildman–Crippen LogP) is 1.47. The molecule has 1 unspecified atom stereocenters. The molecule has 2 N–H and O–H groups in total. The van der Waals surface area contributed by atoms with Gasteiger partial charge in [0.15, 0.2) is 6.23 Å². The Labute approximate surface area is 89.2 Å². The third-order valence-corrected chi connectivity index (χ3v) is 2.46. The third-order valence-electron chi connectivity index (χ3n) is 2.46. The van der Waals surface area contributed by atoms with E-state index < -0.39 is 6.23 Å². The molecule has 0 heterocycles. The maximum absolute atomic E-state index is 11.3. The molecule has 2 rings (SSSR count). The van der Waals surface area contributed by atoms with Crippen LogP contribution in [-0.2, 0) is 16.0 Å². The molecule has 0 radical (unpaired) electrons. The van der Waals surface area contributed by atoms with Crippen LogP contribution in [0.1, 0.15) is 18.4 Å². The van der Waals surface area contributed by atoms with Crippen molar-refractivity contribution >= 4 is 5.97 Å². The number of hydrogen-bond acceptors (Lipinski definition) is 3. The molecule has 0 spiro atoms. The van der Waals surface area contributed by atoms with Gasteiger partial charge in [-0.15, -0.1) is 0 Å². The summed E-state index contributed by atoms with van der Waals surface area (Å²) in [4.78, 5) is 11.3. The molecule has 0 saturated heterocycles. The molecule has 0 aliphatic heterocycles. The van der Waals surface area contributed by atoms with E-state index in [1.54, 1.807) is 0 Å². The highest BCUT2D eigenvalue weighted by atomic mass is 16.6. The largest absolute Gasteiger partial charge is 0.446 e. The van der Waals surface area contributed by atoms with Gasteiger partial charge in [-0.3, -0.25) is 10.5 Å². The Hall–Kier alpha value is -1.35. The summed E-state index contributed by atoms with van der Waals surface area (Å²) < 4.78 is 5.12. The third kappa shape index (κ3) is 3.06. The molecule has 0 amide bonds. The molecular weight excluding hydrogens is 190 g/mol. The second kappa shape index (κ2) is 4.45. The number of rotatable bonds is 4. The maximum atomic E-state index is 11.3. The van der Waals surface area contributed by atoms with Crippen LogP contribution in [0.25, 0.3) is 0 Å². The summed E-state index contributed by atoms with van der Waals surface area (Å²) >= 11 is 0. The molecule has 1 aliphatic rings. The van der Waals surface area contributed by atoms with E-state index in [2.05, 4.69) is 0 Å². The fourth-order valence-corrected chi connectivity index (χ4v) is 1.45. The van der Waals surface area contributed by atoms with E-state index in [-0.39, 0.29) is 11.9 Å². The van der Waals surface area contributed by atoms with Crippen LogP contribution in [0.4, 0.5) is 0 Å². The van der Waals surface area contributed by atoms with Crippen molar-refractivity contribution in [3.05, 3.63) is 35.9 Å². The Balaban J connectivity index is 1.81. The fraction of sp³-hybridized carbons (Fsp3) is 0.417. The van der Waals surface area contributed by atoms with Crippen LogP contribution in [0.3, 0.4) is 0 Å². The van der Waals surface area contributed by atoms with Crippen molar-refractivity contribution in [2.75, 3.05) is 0 Å². The number of ether oxygens (including phenoxy) is 1. The summed E-state index contributed by atoms with van der Waals surface area (Å²) in [6, 6.07) is 9.80. The summed E-state index contributed by atoms with van der Waals surface area (Å²) in [6.45, 7) is 0. The van der Waals surface area contributed by atoms with Crippen molar-refractivity contribution in [3.63, 3.8) is 0 Å². The first-order chi connectivity index (χ1) is 7.25. The highest BCUT2D eigenvalue weighted by molar-refractivity contribution is 5.75. The molecule has 80 valence electrons. The maximum Gasteiger partial charge on any atom is 0.310 e. The SMILES string of the molecule is NC(Cc1ccccc1)OC(=O)C1CC1. The monoisotopic (exact) mass is 205 g/mol. The van der Waals surface area contributed by atoms with Crippen molar-refractivity contribution < 1.29 is 9.53 Å². The first-order valence-corrected chi connectivity index (χ1v) is 5.25. The van der Waals surface area contributed by atoms with Gasteiger partial charge in [-0.1, -0.05) is 30.3 Å². The lowest BCUT2D eigenvalue weighted by Crippen LogP contribution is -2.30. The summed E-state index contributed by atoms with van der Waals surface area (Å²) in [5, 5.41) is 0. The van der Waals surface area contributed by atoms with Gasteiger partial charge < -0.3 is 4.74 Å². The smallest absolute Gasteiger partial charge is 0.310 e. The van der Waals surface area contributed by atoms with Crippen LogP contribution in [0.5, 0.6) is 0 Å². The van der Waals surface area contributed by atoms with Crippen molar-refractivity contribution in [2.45, 2.75) is 25.5 Å². The van der Waals surface area contributed by atoms with Gasteiger partial charge in [0.1, 0.15) is 0 Å². The van der Waals surface area contributed by atoms with Crippen molar-refractivity contribution in [3.8, 4) is 0 Å². The topological polar surface area (TPSA) is 52.3 Å². The Morgan fingerprint density at radius 3 is 2.67 bits per heavy atom. The van der Waals surface area contributed by atoms with Crippen LogP contribution < -0.4 is 5.73 Å². The van der Waals surface area contributed by atoms with E-state index >= 15 is 0 Å². The molecule has 1 atom stereocenters. The highest BCUT2D eigenvalue weighted by Gasteiger charge is 2.32. The highest BCUT2D eigenvalue weighted by Crippen LogP contribution is 2.30. The lowest BCUT2D eigenvalue weighted by molar-refractivity contribution is -0.150. The van der Waals surface area contributed by atoms with E-state index in [0.29, 0.717) is 6.42 Å². The summed E-state index contributed by atoms with van der Waals surface area (Å²) in [7, 11) is 0. The minimum atomic E-state index is -0.513. The lowest BCUT2D eigenvalue weighted by Gasteiger charge is -2.12. The first kappa shape index (κ1) is 10.2. The number of hydrogen-bond donors (Lipinski definition) is 1. The molecule has 15 heavy (non-hydrogen) atoms. The van der Waals surface area contributed by atoms with Crippen LogP contribution in [0.2, 0.25) is 0 Å². The number of carbonyl (C=O) groups excluding carboxylic acids is 1. The number of esters is 1. The van der Waals surface area contributed by atoms with E-state index in [4.69, 9.17) is 10.5 Å². The lowest BCUT2D eigenvalue weighted by atomic mass is 10.1. The van der Waals surface area contributed by atoms with Gasteiger partial charge in [-0.2, -0.15) is 0 Å². The fourth-order valence-electron chi connectivity index (χ4n) is 1.45. The van der Waals surface area contributed by atoms with Gasteiger partial charge in [0, 0.05) is 6.42 Å². The molecule has 0 aromatic heterocycles. The van der Waals surface area contributed by atoms with Gasteiger partial charge in [-0.25, -0.2) is 0 Å². The summed E-state index contributed by atoms with van der Waals surface area (Å²) in [5.74, 6) is -0.0229.